The highest BCUT2D eigenvalue weighted by atomic mass is 19.1. The average Bonchev–Trinajstić information content (AvgIpc) is 2.32. The monoisotopic (exact) mass is 214 g/mol. The fraction of sp³-hybridized carbons (Fsp3) is 0.0769. The highest BCUT2D eigenvalue weighted by molar-refractivity contribution is 5.54. The van der Waals surface area contributed by atoms with Crippen molar-refractivity contribution in [2.75, 3.05) is 0 Å². The lowest BCUT2D eigenvalue weighted by Gasteiger charge is -2.00. The summed E-state index contributed by atoms with van der Waals surface area (Å²) in [6, 6.07) is 6.13. The van der Waals surface area contributed by atoms with E-state index >= 15 is 0 Å². The summed E-state index contributed by atoms with van der Waals surface area (Å²) < 4.78 is 12.7. The van der Waals surface area contributed by atoms with Crippen molar-refractivity contribution in [3.05, 3.63) is 60.7 Å². The van der Waals surface area contributed by atoms with Gasteiger partial charge in [0, 0.05) is 18.0 Å². The highest BCUT2D eigenvalue weighted by Gasteiger charge is 2.00. The molecule has 0 bridgehead atoms. The number of nitrogens with zero attached hydrogens (tertiary/aromatic N) is 2. The zero-order valence-electron chi connectivity index (χ0n) is 8.73. The normalized spacial score (nSPS) is 10.1. The minimum absolute atomic E-state index is 0.257. The van der Waals surface area contributed by atoms with E-state index in [9.17, 15) is 4.39 Å². The topological polar surface area (TPSA) is 25.8 Å². The van der Waals surface area contributed by atoms with E-state index in [0.717, 1.165) is 17.5 Å². The third kappa shape index (κ3) is 2.31. The Labute approximate surface area is 93.5 Å². The first-order chi connectivity index (χ1) is 7.79. The Kier molecular flexibility index (Phi) is 3.05. The second kappa shape index (κ2) is 4.66. The van der Waals surface area contributed by atoms with Crippen LogP contribution < -0.4 is 0 Å². The lowest BCUT2D eigenvalue weighted by atomic mass is 10.2. The molecule has 2 nitrogen and oxygen atoms in total. The summed E-state index contributed by atoms with van der Waals surface area (Å²) >= 11 is 0. The number of hydrogen-bond acceptors (Lipinski definition) is 2. The molecule has 1 heterocycles. The molecule has 3 heteroatoms. The number of hydrogen-bond donors (Lipinski definition) is 0. The van der Waals surface area contributed by atoms with Crippen molar-refractivity contribution in [1.29, 1.82) is 0 Å². The number of aromatic nitrogens is 2. The van der Waals surface area contributed by atoms with Gasteiger partial charge in [-0.15, -0.1) is 6.58 Å². The molecule has 0 aliphatic rings. The molecule has 0 aliphatic carbocycles. The molecule has 0 unspecified atom stereocenters. The van der Waals surface area contributed by atoms with Crippen molar-refractivity contribution in [1.82, 2.24) is 9.97 Å². The SMILES string of the molecule is C=CCc1cnc(-c2ccc(F)cc2)nc1. The third-order valence-corrected chi connectivity index (χ3v) is 2.19. The Bertz CT molecular complexity index is 474. The Morgan fingerprint density at radius 2 is 1.75 bits per heavy atom. The van der Waals surface area contributed by atoms with Crippen LogP contribution in [-0.2, 0) is 6.42 Å². The van der Waals surface area contributed by atoms with Gasteiger partial charge in [-0.3, -0.25) is 0 Å². The van der Waals surface area contributed by atoms with Crippen LogP contribution in [0.4, 0.5) is 4.39 Å². The van der Waals surface area contributed by atoms with Gasteiger partial charge in [-0.25, -0.2) is 14.4 Å². The molecule has 2 rings (SSSR count). The Hall–Kier alpha value is -2.03. The summed E-state index contributed by atoms with van der Waals surface area (Å²) in [5, 5.41) is 0. The molecule has 0 spiro atoms. The van der Waals surface area contributed by atoms with Gasteiger partial charge in [0.25, 0.3) is 0 Å². The molecule has 80 valence electrons. The fourth-order valence-corrected chi connectivity index (χ4v) is 1.37. The van der Waals surface area contributed by atoms with E-state index in [1.54, 1.807) is 30.6 Å². The molecule has 0 N–H and O–H groups in total. The van der Waals surface area contributed by atoms with Crippen molar-refractivity contribution in [2.24, 2.45) is 0 Å². The maximum atomic E-state index is 12.7. The maximum Gasteiger partial charge on any atom is 0.159 e. The van der Waals surface area contributed by atoms with Crippen molar-refractivity contribution in [3.8, 4) is 11.4 Å². The predicted octanol–water partition coefficient (Wildman–Crippen LogP) is 3.01. The summed E-state index contributed by atoms with van der Waals surface area (Å²) in [4.78, 5) is 8.43. The van der Waals surface area contributed by atoms with Crippen LogP contribution in [0.1, 0.15) is 5.56 Å². The largest absolute Gasteiger partial charge is 0.236 e. The lowest BCUT2D eigenvalue weighted by molar-refractivity contribution is 0.628. The summed E-state index contributed by atoms with van der Waals surface area (Å²) in [7, 11) is 0. The highest BCUT2D eigenvalue weighted by Crippen LogP contribution is 2.14. The molecule has 1 aromatic carbocycles. The van der Waals surface area contributed by atoms with Crippen LogP contribution in [-0.4, -0.2) is 9.97 Å². The van der Waals surface area contributed by atoms with Crippen LogP contribution >= 0.6 is 0 Å². The van der Waals surface area contributed by atoms with Crippen LogP contribution in [0, 0.1) is 5.82 Å². The van der Waals surface area contributed by atoms with E-state index in [-0.39, 0.29) is 5.82 Å². The average molecular weight is 214 g/mol. The van der Waals surface area contributed by atoms with Crippen molar-refractivity contribution in [2.45, 2.75) is 6.42 Å². The predicted molar refractivity (Wildman–Crippen MR) is 61.3 cm³/mol. The number of rotatable bonds is 3. The molecular weight excluding hydrogens is 203 g/mol. The van der Waals surface area contributed by atoms with Gasteiger partial charge in [-0.05, 0) is 36.2 Å². The molecule has 1 aromatic heterocycles. The summed E-state index contributed by atoms with van der Waals surface area (Å²) in [6.07, 6.45) is 6.07. The van der Waals surface area contributed by atoms with Gasteiger partial charge < -0.3 is 0 Å². The second-order valence-corrected chi connectivity index (χ2v) is 3.41. The maximum absolute atomic E-state index is 12.7. The molecule has 0 saturated heterocycles. The van der Waals surface area contributed by atoms with Crippen molar-refractivity contribution >= 4 is 0 Å². The van der Waals surface area contributed by atoms with Gasteiger partial charge in [0.05, 0.1) is 0 Å². The van der Waals surface area contributed by atoms with Crippen LogP contribution in [0.25, 0.3) is 11.4 Å². The molecule has 16 heavy (non-hydrogen) atoms. The van der Waals surface area contributed by atoms with Crippen LogP contribution in [0.3, 0.4) is 0 Å². The standard InChI is InChI=1S/C13H11FN2/c1-2-3-10-8-15-13(16-9-10)11-4-6-12(14)7-5-11/h2,4-9H,1,3H2. The van der Waals surface area contributed by atoms with E-state index in [4.69, 9.17) is 0 Å². The van der Waals surface area contributed by atoms with Crippen LogP contribution in [0.15, 0.2) is 49.3 Å². The first kappa shape index (κ1) is 10.5. The number of halogens is 1. The van der Waals surface area contributed by atoms with E-state index in [0.29, 0.717) is 5.82 Å². The van der Waals surface area contributed by atoms with E-state index in [1.807, 2.05) is 0 Å². The quantitative estimate of drug-likeness (QED) is 0.734. The first-order valence-electron chi connectivity index (χ1n) is 4.97. The van der Waals surface area contributed by atoms with Crippen LogP contribution in [0.2, 0.25) is 0 Å². The summed E-state index contributed by atoms with van der Waals surface area (Å²) in [5.41, 5.74) is 1.83. The van der Waals surface area contributed by atoms with E-state index in [2.05, 4.69) is 16.5 Å². The first-order valence-corrected chi connectivity index (χ1v) is 4.97. The zero-order chi connectivity index (χ0) is 11.4. The molecule has 0 aliphatic heterocycles. The second-order valence-electron chi connectivity index (χ2n) is 3.41. The van der Waals surface area contributed by atoms with Crippen LogP contribution in [0.5, 0.6) is 0 Å². The van der Waals surface area contributed by atoms with Crippen molar-refractivity contribution in [3.63, 3.8) is 0 Å². The Balaban J connectivity index is 2.27. The summed E-state index contributed by atoms with van der Waals surface area (Å²) in [5.74, 6) is 0.347. The van der Waals surface area contributed by atoms with Gasteiger partial charge in [0.2, 0.25) is 0 Å². The molecular formula is C13H11FN2. The van der Waals surface area contributed by atoms with Crippen molar-refractivity contribution < 1.29 is 4.39 Å². The van der Waals surface area contributed by atoms with Gasteiger partial charge >= 0.3 is 0 Å². The Morgan fingerprint density at radius 1 is 1.12 bits per heavy atom. The third-order valence-electron chi connectivity index (χ3n) is 2.19. The Morgan fingerprint density at radius 3 is 2.31 bits per heavy atom. The van der Waals surface area contributed by atoms with E-state index in [1.165, 1.54) is 12.1 Å². The molecule has 0 fully saturated rings. The van der Waals surface area contributed by atoms with Gasteiger partial charge in [0.15, 0.2) is 5.82 Å². The summed E-state index contributed by atoms with van der Waals surface area (Å²) in [6.45, 7) is 3.65. The molecule has 2 aromatic rings. The fourth-order valence-electron chi connectivity index (χ4n) is 1.37. The lowest BCUT2D eigenvalue weighted by Crippen LogP contribution is -1.91. The molecule has 0 atom stereocenters. The number of allylic oxidation sites excluding steroid dienone is 1. The zero-order valence-corrected chi connectivity index (χ0v) is 8.73. The minimum Gasteiger partial charge on any atom is -0.236 e. The van der Waals surface area contributed by atoms with E-state index < -0.39 is 0 Å². The van der Waals surface area contributed by atoms with Gasteiger partial charge in [-0.1, -0.05) is 6.08 Å². The molecule has 0 radical (unpaired) electrons. The van der Waals surface area contributed by atoms with Gasteiger partial charge in [0.1, 0.15) is 5.82 Å². The molecule has 0 saturated carbocycles. The smallest absolute Gasteiger partial charge is 0.159 e. The van der Waals surface area contributed by atoms with Gasteiger partial charge in [-0.2, -0.15) is 0 Å². The molecule has 0 amide bonds. The minimum atomic E-state index is -0.257. The number of benzene rings is 1.